The number of benzene rings is 2. The van der Waals surface area contributed by atoms with Gasteiger partial charge < -0.3 is 4.74 Å². The predicted molar refractivity (Wildman–Crippen MR) is 87.2 cm³/mol. The van der Waals surface area contributed by atoms with Gasteiger partial charge in [0.2, 0.25) is 0 Å². The molecule has 3 nitrogen and oxygen atoms in total. The minimum absolute atomic E-state index is 0.308. The summed E-state index contributed by atoms with van der Waals surface area (Å²) in [5.74, 6) is 6.57. The summed E-state index contributed by atoms with van der Waals surface area (Å²) in [6.07, 6.45) is 4.24. The monoisotopic (exact) mass is 284 g/mol. The summed E-state index contributed by atoms with van der Waals surface area (Å²) >= 11 is 0. The van der Waals surface area contributed by atoms with Crippen LogP contribution in [0.5, 0.6) is 5.75 Å². The van der Waals surface area contributed by atoms with Crippen molar-refractivity contribution < 1.29 is 4.74 Å². The first-order chi connectivity index (χ1) is 10.3. The molecule has 0 saturated heterocycles. The molecule has 1 atom stereocenters. The van der Waals surface area contributed by atoms with Crippen molar-refractivity contribution in [2.24, 2.45) is 5.84 Å². The highest BCUT2D eigenvalue weighted by Crippen LogP contribution is 2.14. The largest absolute Gasteiger partial charge is 0.497 e. The van der Waals surface area contributed by atoms with E-state index in [2.05, 4.69) is 47.9 Å². The molecule has 112 valence electrons. The number of methoxy groups -OCH3 is 1. The Hall–Kier alpha value is -1.84. The minimum atomic E-state index is 0.308. The molecule has 2 aromatic carbocycles. The maximum absolute atomic E-state index is 5.68. The van der Waals surface area contributed by atoms with Crippen molar-refractivity contribution in [1.82, 2.24) is 5.43 Å². The number of hydrazine groups is 1. The van der Waals surface area contributed by atoms with Crippen LogP contribution in [0.15, 0.2) is 54.6 Å². The zero-order chi connectivity index (χ0) is 14.9. The molecule has 3 heteroatoms. The molecule has 0 spiro atoms. The van der Waals surface area contributed by atoms with Crippen LogP contribution in [0.2, 0.25) is 0 Å². The van der Waals surface area contributed by atoms with E-state index in [0.717, 1.165) is 31.4 Å². The van der Waals surface area contributed by atoms with E-state index in [0.29, 0.717) is 6.04 Å². The average molecular weight is 284 g/mol. The Kier molecular flexibility index (Phi) is 6.25. The van der Waals surface area contributed by atoms with Crippen molar-refractivity contribution in [1.29, 1.82) is 0 Å². The first-order valence-electron chi connectivity index (χ1n) is 7.45. The van der Waals surface area contributed by atoms with Crippen LogP contribution in [0.3, 0.4) is 0 Å². The molecule has 0 heterocycles. The summed E-state index contributed by atoms with van der Waals surface area (Å²) in [6.45, 7) is 0. The lowest BCUT2D eigenvalue weighted by Crippen LogP contribution is -2.36. The van der Waals surface area contributed by atoms with E-state index in [1.807, 2.05) is 12.1 Å². The van der Waals surface area contributed by atoms with E-state index in [1.54, 1.807) is 7.11 Å². The fraction of sp³-hybridized carbons (Fsp3) is 0.333. The molecule has 0 aliphatic heterocycles. The standard InChI is InChI=1S/C18H24N2O/c1-21-18-12-10-16(11-13-18)14-17(20-19)9-5-8-15-6-3-2-4-7-15/h2-4,6-7,10-13,17,20H,5,8-9,14,19H2,1H3. The lowest BCUT2D eigenvalue weighted by Gasteiger charge is -2.16. The van der Waals surface area contributed by atoms with Crippen molar-refractivity contribution in [2.75, 3.05) is 7.11 Å². The van der Waals surface area contributed by atoms with E-state index in [-0.39, 0.29) is 0 Å². The molecule has 0 amide bonds. The summed E-state index contributed by atoms with van der Waals surface area (Å²) in [7, 11) is 1.68. The molecule has 0 aliphatic rings. The summed E-state index contributed by atoms with van der Waals surface area (Å²) < 4.78 is 5.17. The summed E-state index contributed by atoms with van der Waals surface area (Å²) in [6, 6.07) is 19.1. The van der Waals surface area contributed by atoms with Gasteiger partial charge in [0.25, 0.3) is 0 Å². The Morgan fingerprint density at radius 2 is 1.71 bits per heavy atom. The number of aryl methyl sites for hydroxylation is 1. The third-order valence-electron chi connectivity index (χ3n) is 3.74. The molecular weight excluding hydrogens is 260 g/mol. The van der Waals surface area contributed by atoms with Crippen molar-refractivity contribution in [3.05, 3.63) is 65.7 Å². The Morgan fingerprint density at radius 1 is 1.00 bits per heavy atom. The van der Waals surface area contributed by atoms with Gasteiger partial charge in [0.1, 0.15) is 5.75 Å². The quantitative estimate of drug-likeness (QED) is 0.578. The molecule has 0 saturated carbocycles. The number of hydrogen-bond acceptors (Lipinski definition) is 3. The second-order valence-corrected chi connectivity index (χ2v) is 5.29. The van der Waals surface area contributed by atoms with Gasteiger partial charge in [0, 0.05) is 6.04 Å². The fourth-order valence-electron chi connectivity index (χ4n) is 2.49. The molecule has 0 aliphatic carbocycles. The van der Waals surface area contributed by atoms with Crippen molar-refractivity contribution >= 4 is 0 Å². The Balaban J connectivity index is 1.79. The lowest BCUT2D eigenvalue weighted by atomic mass is 9.99. The fourth-order valence-corrected chi connectivity index (χ4v) is 2.49. The van der Waals surface area contributed by atoms with E-state index < -0.39 is 0 Å². The highest BCUT2D eigenvalue weighted by molar-refractivity contribution is 5.27. The lowest BCUT2D eigenvalue weighted by molar-refractivity contribution is 0.414. The first kappa shape index (κ1) is 15.5. The molecular formula is C18H24N2O. The summed E-state index contributed by atoms with van der Waals surface area (Å²) in [5, 5.41) is 0. The summed E-state index contributed by atoms with van der Waals surface area (Å²) in [4.78, 5) is 0. The SMILES string of the molecule is COc1ccc(CC(CCCc2ccccc2)NN)cc1. The van der Waals surface area contributed by atoms with Gasteiger partial charge in [-0.05, 0) is 48.9 Å². The Morgan fingerprint density at radius 3 is 2.33 bits per heavy atom. The normalized spacial score (nSPS) is 12.1. The van der Waals surface area contributed by atoms with Crippen molar-refractivity contribution in [3.8, 4) is 5.75 Å². The molecule has 2 rings (SSSR count). The molecule has 21 heavy (non-hydrogen) atoms. The van der Waals surface area contributed by atoms with Crippen LogP contribution in [0, 0.1) is 0 Å². The molecule has 0 radical (unpaired) electrons. The Bertz CT molecular complexity index is 511. The van der Waals surface area contributed by atoms with Crippen LogP contribution in [0.1, 0.15) is 24.0 Å². The maximum Gasteiger partial charge on any atom is 0.118 e. The van der Waals surface area contributed by atoms with Crippen LogP contribution in [-0.2, 0) is 12.8 Å². The number of ether oxygens (including phenoxy) is 1. The van der Waals surface area contributed by atoms with Crippen LogP contribution >= 0.6 is 0 Å². The highest BCUT2D eigenvalue weighted by atomic mass is 16.5. The van der Waals surface area contributed by atoms with Gasteiger partial charge in [-0.1, -0.05) is 42.5 Å². The Labute approximate surface area is 127 Å². The van der Waals surface area contributed by atoms with Gasteiger partial charge in [-0.2, -0.15) is 0 Å². The zero-order valence-electron chi connectivity index (χ0n) is 12.6. The second-order valence-electron chi connectivity index (χ2n) is 5.29. The van der Waals surface area contributed by atoms with E-state index in [1.165, 1.54) is 11.1 Å². The van der Waals surface area contributed by atoms with E-state index in [9.17, 15) is 0 Å². The molecule has 0 aromatic heterocycles. The van der Waals surface area contributed by atoms with E-state index >= 15 is 0 Å². The van der Waals surface area contributed by atoms with Gasteiger partial charge >= 0.3 is 0 Å². The van der Waals surface area contributed by atoms with Crippen LogP contribution in [0.25, 0.3) is 0 Å². The van der Waals surface area contributed by atoms with E-state index in [4.69, 9.17) is 10.6 Å². The smallest absolute Gasteiger partial charge is 0.118 e. The van der Waals surface area contributed by atoms with Gasteiger partial charge in [0.05, 0.1) is 7.11 Å². The van der Waals surface area contributed by atoms with Gasteiger partial charge in [0.15, 0.2) is 0 Å². The number of nitrogens with two attached hydrogens (primary N) is 1. The van der Waals surface area contributed by atoms with Gasteiger partial charge in [-0.3, -0.25) is 11.3 Å². The van der Waals surface area contributed by atoms with Crippen molar-refractivity contribution in [2.45, 2.75) is 31.7 Å². The number of rotatable bonds is 8. The minimum Gasteiger partial charge on any atom is -0.497 e. The van der Waals surface area contributed by atoms with Crippen LogP contribution < -0.4 is 16.0 Å². The molecule has 0 fully saturated rings. The average Bonchev–Trinajstić information content (AvgIpc) is 2.55. The van der Waals surface area contributed by atoms with Crippen LogP contribution in [-0.4, -0.2) is 13.2 Å². The second kappa shape index (κ2) is 8.45. The maximum atomic E-state index is 5.68. The topological polar surface area (TPSA) is 47.3 Å². The van der Waals surface area contributed by atoms with Crippen molar-refractivity contribution in [3.63, 3.8) is 0 Å². The third kappa shape index (κ3) is 5.21. The summed E-state index contributed by atoms with van der Waals surface area (Å²) in [5.41, 5.74) is 5.60. The molecule has 3 N–H and O–H groups in total. The molecule has 2 aromatic rings. The third-order valence-corrected chi connectivity index (χ3v) is 3.74. The number of nitrogens with one attached hydrogen (secondary N) is 1. The molecule has 1 unspecified atom stereocenters. The highest BCUT2D eigenvalue weighted by Gasteiger charge is 2.08. The number of hydrogen-bond donors (Lipinski definition) is 2. The van der Waals surface area contributed by atoms with Gasteiger partial charge in [-0.15, -0.1) is 0 Å². The first-order valence-corrected chi connectivity index (χ1v) is 7.45. The van der Waals surface area contributed by atoms with Crippen LogP contribution in [0.4, 0.5) is 0 Å². The zero-order valence-corrected chi connectivity index (χ0v) is 12.6. The van der Waals surface area contributed by atoms with Gasteiger partial charge in [-0.25, -0.2) is 0 Å². The predicted octanol–water partition coefficient (Wildman–Crippen LogP) is 3.09. The molecule has 0 bridgehead atoms.